The first-order chi connectivity index (χ1) is 10.3. The van der Waals surface area contributed by atoms with Crippen LogP contribution in [0.15, 0.2) is 36.7 Å². The maximum absolute atomic E-state index is 5.64. The maximum atomic E-state index is 5.64. The van der Waals surface area contributed by atoms with Crippen molar-refractivity contribution < 1.29 is 9.47 Å². The fourth-order valence-corrected chi connectivity index (χ4v) is 1.91. The molecule has 1 N–H and O–H groups in total. The van der Waals surface area contributed by atoms with Gasteiger partial charge in [0.15, 0.2) is 5.75 Å². The summed E-state index contributed by atoms with van der Waals surface area (Å²) >= 11 is 0. The molecule has 1 heterocycles. The Kier molecular flexibility index (Phi) is 6.09. The third-order valence-electron chi connectivity index (χ3n) is 2.98. The molecule has 0 saturated carbocycles. The zero-order chi connectivity index (χ0) is 14.9. The van der Waals surface area contributed by atoms with Gasteiger partial charge in [-0.15, -0.1) is 0 Å². The number of ether oxygens (including phenoxy) is 2. The second-order valence-electron chi connectivity index (χ2n) is 4.87. The van der Waals surface area contributed by atoms with E-state index in [0.717, 1.165) is 31.0 Å². The second kappa shape index (κ2) is 8.32. The highest BCUT2D eigenvalue weighted by atomic mass is 16.5. The van der Waals surface area contributed by atoms with Crippen molar-refractivity contribution in [3.8, 4) is 11.5 Å². The topological polar surface area (TPSA) is 48.3 Å². The quantitative estimate of drug-likeness (QED) is 0.720. The van der Waals surface area contributed by atoms with E-state index in [0.29, 0.717) is 13.2 Å². The van der Waals surface area contributed by atoms with E-state index in [9.17, 15) is 0 Å². The molecule has 2 aromatic rings. The molecule has 21 heavy (non-hydrogen) atoms. The Morgan fingerprint density at radius 3 is 2.43 bits per heavy atom. The first-order valence-electron chi connectivity index (χ1n) is 7.32. The monoisotopic (exact) mass is 289 g/mol. The summed E-state index contributed by atoms with van der Waals surface area (Å²) in [6.45, 7) is 5.13. The maximum Gasteiger partial charge on any atom is 0.157 e. The molecule has 5 heteroatoms. The number of nitrogens with zero attached hydrogens (tertiary/aromatic N) is 2. The highest BCUT2D eigenvalue weighted by Gasteiger charge is 1.98. The molecule has 0 atom stereocenters. The molecule has 1 aromatic carbocycles. The summed E-state index contributed by atoms with van der Waals surface area (Å²) < 4.78 is 12.9. The molecule has 0 fully saturated rings. The summed E-state index contributed by atoms with van der Waals surface area (Å²) in [6, 6.07) is 8.15. The van der Waals surface area contributed by atoms with Crippen LogP contribution in [0.4, 0.5) is 0 Å². The Labute approximate surface area is 125 Å². The van der Waals surface area contributed by atoms with Gasteiger partial charge in [-0.2, -0.15) is 5.10 Å². The van der Waals surface area contributed by atoms with Gasteiger partial charge in [-0.25, -0.2) is 0 Å². The molecule has 5 nitrogen and oxygen atoms in total. The van der Waals surface area contributed by atoms with E-state index in [2.05, 4.69) is 29.5 Å². The van der Waals surface area contributed by atoms with Crippen molar-refractivity contribution in [3.63, 3.8) is 0 Å². The summed E-state index contributed by atoms with van der Waals surface area (Å²) in [5, 5.41) is 7.41. The minimum absolute atomic E-state index is 0.505. The van der Waals surface area contributed by atoms with Crippen LogP contribution in [0.2, 0.25) is 0 Å². The van der Waals surface area contributed by atoms with Crippen LogP contribution in [0.25, 0.3) is 0 Å². The second-order valence-corrected chi connectivity index (χ2v) is 4.87. The summed E-state index contributed by atoms with van der Waals surface area (Å²) in [5.41, 5.74) is 1.27. The Hall–Kier alpha value is -2.01. The Bertz CT molecular complexity index is 523. The lowest BCUT2D eigenvalue weighted by atomic mass is 10.2. The van der Waals surface area contributed by atoms with E-state index in [-0.39, 0.29) is 0 Å². The van der Waals surface area contributed by atoms with Crippen LogP contribution in [0, 0.1) is 0 Å². The van der Waals surface area contributed by atoms with E-state index >= 15 is 0 Å². The molecule has 0 radical (unpaired) electrons. The van der Waals surface area contributed by atoms with Gasteiger partial charge < -0.3 is 14.8 Å². The summed E-state index contributed by atoms with van der Waals surface area (Å²) in [7, 11) is 1.86. The lowest BCUT2D eigenvalue weighted by Gasteiger charge is -2.08. The van der Waals surface area contributed by atoms with Crippen LogP contribution in [-0.4, -0.2) is 29.5 Å². The molecule has 2 rings (SSSR count). The van der Waals surface area contributed by atoms with Crippen LogP contribution in [0.5, 0.6) is 11.5 Å². The van der Waals surface area contributed by atoms with Crippen LogP contribution in [0.1, 0.15) is 18.9 Å². The van der Waals surface area contributed by atoms with Gasteiger partial charge in [0, 0.05) is 13.6 Å². The molecule has 1 aromatic heterocycles. The fourth-order valence-electron chi connectivity index (χ4n) is 1.91. The van der Waals surface area contributed by atoms with Gasteiger partial charge in [-0.3, -0.25) is 4.68 Å². The van der Waals surface area contributed by atoms with E-state index < -0.39 is 0 Å². The van der Waals surface area contributed by atoms with Gasteiger partial charge >= 0.3 is 0 Å². The average Bonchev–Trinajstić information content (AvgIpc) is 2.91. The standard InChI is InChI=1S/C16H23N3O2/c1-3-8-17-11-14-4-6-15(7-5-14)20-9-10-21-16-12-18-19(2)13-16/h4-7,12-13,17H,3,8-11H2,1-2H3. The van der Waals surface area contributed by atoms with Gasteiger partial charge in [0.2, 0.25) is 0 Å². The van der Waals surface area contributed by atoms with Gasteiger partial charge in [-0.1, -0.05) is 19.1 Å². The summed E-state index contributed by atoms with van der Waals surface area (Å²) in [4.78, 5) is 0. The highest BCUT2D eigenvalue weighted by molar-refractivity contribution is 5.27. The lowest BCUT2D eigenvalue weighted by Crippen LogP contribution is -2.13. The normalized spacial score (nSPS) is 10.6. The van der Waals surface area contributed by atoms with Crippen LogP contribution in [0.3, 0.4) is 0 Å². The number of aromatic nitrogens is 2. The average molecular weight is 289 g/mol. The molecule has 0 saturated heterocycles. The Morgan fingerprint density at radius 2 is 1.81 bits per heavy atom. The van der Waals surface area contributed by atoms with E-state index in [1.165, 1.54) is 5.56 Å². The molecule has 0 amide bonds. The number of benzene rings is 1. The van der Waals surface area contributed by atoms with Crippen molar-refractivity contribution >= 4 is 0 Å². The zero-order valence-electron chi connectivity index (χ0n) is 12.7. The third kappa shape index (κ3) is 5.47. The number of rotatable bonds is 9. The number of nitrogens with one attached hydrogen (secondary N) is 1. The molecule has 0 aliphatic heterocycles. The molecule has 114 valence electrons. The molecule has 0 spiro atoms. The SMILES string of the molecule is CCCNCc1ccc(OCCOc2cnn(C)c2)cc1. The van der Waals surface area contributed by atoms with E-state index in [1.54, 1.807) is 10.9 Å². The minimum Gasteiger partial charge on any atom is -0.490 e. The third-order valence-corrected chi connectivity index (χ3v) is 2.98. The van der Waals surface area contributed by atoms with Crippen molar-refractivity contribution in [1.29, 1.82) is 0 Å². The molecule has 0 aliphatic carbocycles. The summed E-state index contributed by atoms with van der Waals surface area (Å²) in [6.07, 6.45) is 4.67. The molecule has 0 unspecified atom stereocenters. The molecule has 0 bridgehead atoms. The first-order valence-corrected chi connectivity index (χ1v) is 7.32. The van der Waals surface area contributed by atoms with Crippen molar-refractivity contribution in [2.45, 2.75) is 19.9 Å². The first kappa shape index (κ1) is 15.4. The molecule has 0 aliphatic rings. The summed E-state index contributed by atoms with van der Waals surface area (Å²) in [5.74, 6) is 1.63. The highest BCUT2D eigenvalue weighted by Crippen LogP contribution is 2.12. The largest absolute Gasteiger partial charge is 0.490 e. The number of hydrogen-bond acceptors (Lipinski definition) is 4. The van der Waals surface area contributed by atoms with Crippen molar-refractivity contribution in [3.05, 3.63) is 42.2 Å². The minimum atomic E-state index is 0.505. The molecular weight excluding hydrogens is 266 g/mol. The Morgan fingerprint density at radius 1 is 1.10 bits per heavy atom. The van der Waals surface area contributed by atoms with E-state index in [1.807, 2.05) is 25.4 Å². The van der Waals surface area contributed by atoms with Gasteiger partial charge in [0.25, 0.3) is 0 Å². The number of hydrogen-bond donors (Lipinski definition) is 1. The lowest BCUT2D eigenvalue weighted by molar-refractivity contribution is 0.217. The fraction of sp³-hybridized carbons (Fsp3) is 0.438. The van der Waals surface area contributed by atoms with E-state index in [4.69, 9.17) is 9.47 Å². The van der Waals surface area contributed by atoms with Gasteiger partial charge in [0.1, 0.15) is 19.0 Å². The van der Waals surface area contributed by atoms with Crippen LogP contribution in [-0.2, 0) is 13.6 Å². The predicted octanol–water partition coefficient (Wildman–Crippen LogP) is 2.38. The number of aryl methyl sites for hydroxylation is 1. The predicted molar refractivity (Wildman–Crippen MR) is 82.6 cm³/mol. The van der Waals surface area contributed by atoms with Crippen molar-refractivity contribution in [2.24, 2.45) is 7.05 Å². The Balaban J connectivity index is 1.66. The van der Waals surface area contributed by atoms with Crippen molar-refractivity contribution in [1.82, 2.24) is 15.1 Å². The van der Waals surface area contributed by atoms with Gasteiger partial charge in [0.05, 0.1) is 12.4 Å². The van der Waals surface area contributed by atoms with Crippen LogP contribution >= 0.6 is 0 Å². The van der Waals surface area contributed by atoms with Gasteiger partial charge in [-0.05, 0) is 30.7 Å². The molecular formula is C16H23N3O2. The smallest absolute Gasteiger partial charge is 0.157 e. The van der Waals surface area contributed by atoms with Crippen molar-refractivity contribution in [2.75, 3.05) is 19.8 Å². The van der Waals surface area contributed by atoms with Crippen LogP contribution < -0.4 is 14.8 Å². The zero-order valence-corrected chi connectivity index (χ0v) is 12.7.